The van der Waals surface area contributed by atoms with Gasteiger partial charge < -0.3 is 5.32 Å². The Morgan fingerprint density at radius 3 is 2.80 bits per heavy atom. The predicted octanol–water partition coefficient (Wildman–Crippen LogP) is 2.81. The van der Waals surface area contributed by atoms with Crippen LogP contribution in [0.15, 0.2) is 48.8 Å². The zero-order chi connectivity index (χ0) is 14.4. The Balaban J connectivity index is 1.87. The minimum absolute atomic E-state index is 0.0931. The molecule has 0 bridgehead atoms. The maximum absolute atomic E-state index is 11.9. The SMILES string of the molecule is CN(CC(=O)Nc1ccccc1Cl)Cc1cccnc1. The maximum atomic E-state index is 11.9. The van der Waals surface area contributed by atoms with Crippen molar-refractivity contribution in [1.82, 2.24) is 9.88 Å². The summed E-state index contributed by atoms with van der Waals surface area (Å²) in [6.07, 6.45) is 3.52. The number of carbonyl (C=O) groups is 1. The van der Waals surface area contributed by atoms with E-state index in [1.807, 2.05) is 36.2 Å². The second-order valence-corrected chi connectivity index (χ2v) is 4.97. The molecule has 20 heavy (non-hydrogen) atoms. The van der Waals surface area contributed by atoms with Crippen molar-refractivity contribution >= 4 is 23.2 Å². The van der Waals surface area contributed by atoms with Crippen LogP contribution >= 0.6 is 11.6 Å². The van der Waals surface area contributed by atoms with Gasteiger partial charge in [-0.1, -0.05) is 29.8 Å². The molecule has 0 spiro atoms. The van der Waals surface area contributed by atoms with E-state index >= 15 is 0 Å². The van der Waals surface area contributed by atoms with Gasteiger partial charge in [0.25, 0.3) is 0 Å². The van der Waals surface area contributed by atoms with E-state index in [4.69, 9.17) is 11.6 Å². The highest BCUT2D eigenvalue weighted by Crippen LogP contribution is 2.20. The van der Waals surface area contributed by atoms with Crippen LogP contribution in [-0.4, -0.2) is 29.4 Å². The molecule has 0 saturated carbocycles. The normalized spacial score (nSPS) is 10.6. The number of para-hydroxylation sites is 1. The van der Waals surface area contributed by atoms with E-state index < -0.39 is 0 Å². The smallest absolute Gasteiger partial charge is 0.238 e. The van der Waals surface area contributed by atoms with Crippen LogP contribution in [-0.2, 0) is 11.3 Å². The van der Waals surface area contributed by atoms with Gasteiger partial charge >= 0.3 is 0 Å². The summed E-state index contributed by atoms with van der Waals surface area (Å²) >= 11 is 6.00. The Kier molecular flexibility index (Phi) is 5.09. The predicted molar refractivity (Wildman–Crippen MR) is 80.7 cm³/mol. The summed E-state index contributed by atoms with van der Waals surface area (Å²) in [7, 11) is 1.89. The first kappa shape index (κ1) is 14.5. The van der Waals surface area contributed by atoms with Crippen molar-refractivity contribution in [2.24, 2.45) is 0 Å². The number of hydrogen-bond acceptors (Lipinski definition) is 3. The molecule has 0 radical (unpaired) electrons. The lowest BCUT2D eigenvalue weighted by Crippen LogP contribution is -2.29. The highest BCUT2D eigenvalue weighted by atomic mass is 35.5. The lowest BCUT2D eigenvalue weighted by molar-refractivity contribution is -0.117. The number of hydrogen-bond donors (Lipinski definition) is 1. The average Bonchev–Trinajstić information content (AvgIpc) is 2.42. The third-order valence-corrected chi connectivity index (χ3v) is 3.07. The molecule has 1 N–H and O–H groups in total. The Morgan fingerprint density at radius 1 is 1.30 bits per heavy atom. The Bertz CT molecular complexity index is 574. The topological polar surface area (TPSA) is 45.2 Å². The highest BCUT2D eigenvalue weighted by Gasteiger charge is 2.09. The van der Waals surface area contributed by atoms with E-state index in [0.29, 0.717) is 23.8 Å². The summed E-state index contributed by atoms with van der Waals surface area (Å²) in [6, 6.07) is 11.0. The number of nitrogens with zero attached hydrogens (tertiary/aromatic N) is 2. The van der Waals surface area contributed by atoms with E-state index in [1.165, 1.54) is 0 Å². The molecule has 104 valence electrons. The molecule has 0 aliphatic heterocycles. The van der Waals surface area contributed by atoms with Crippen LogP contribution in [0.5, 0.6) is 0 Å². The Morgan fingerprint density at radius 2 is 2.10 bits per heavy atom. The van der Waals surface area contributed by atoms with Crippen LogP contribution in [0.4, 0.5) is 5.69 Å². The van der Waals surface area contributed by atoms with Gasteiger partial charge in [0.05, 0.1) is 17.3 Å². The lowest BCUT2D eigenvalue weighted by Gasteiger charge is -2.16. The fourth-order valence-corrected chi connectivity index (χ4v) is 2.04. The van der Waals surface area contributed by atoms with Gasteiger partial charge in [-0.25, -0.2) is 0 Å². The van der Waals surface area contributed by atoms with Gasteiger partial charge in [-0.15, -0.1) is 0 Å². The largest absolute Gasteiger partial charge is 0.324 e. The van der Waals surface area contributed by atoms with Crippen LogP contribution in [0.1, 0.15) is 5.56 Å². The van der Waals surface area contributed by atoms with Crippen LogP contribution in [0, 0.1) is 0 Å². The highest BCUT2D eigenvalue weighted by molar-refractivity contribution is 6.33. The van der Waals surface area contributed by atoms with E-state index in [9.17, 15) is 4.79 Å². The zero-order valence-corrected chi connectivity index (χ0v) is 12.0. The first-order valence-corrected chi connectivity index (χ1v) is 6.65. The number of anilines is 1. The molecule has 4 nitrogen and oxygen atoms in total. The molecule has 2 rings (SSSR count). The number of amides is 1. The first-order chi connectivity index (χ1) is 9.65. The van der Waals surface area contributed by atoms with Crippen LogP contribution in [0.25, 0.3) is 0 Å². The molecular weight excluding hydrogens is 274 g/mol. The molecule has 0 aliphatic rings. The third kappa shape index (κ3) is 4.33. The summed E-state index contributed by atoms with van der Waals surface area (Å²) in [5, 5.41) is 3.34. The molecule has 0 saturated heterocycles. The molecule has 0 fully saturated rings. The second-order valence-electron chi connectivity index (χ2n) is 4.56. The van der Waals surface area contributed by atoms with Gasteiger partial charge in [-0.05, 0) is 30.8 Å². The number of nitrogens with one attached hydrogen (secondary N) is 1. The third-order valence-electron chi connectivity index (χ3n) is 2.74. The summed E-state index contributed by atoms with van der Waals surface area (Å²) in [5.74, 6) is -0.0931. The molecular formula is C15H16ClN3O. The molecule has 1 aromatic carbocycles. The number of pyridine rings is 1. The van der Waals surface area contributed by atoms with E-state index in [1.54, 1.807) is 24.5 Å². The maximum Gasteiger partial charge on any atom is 0.238 e. The molecule has 0 aliphatic carbocycles. The molecule has 1 aromatic heterocycles. The number of rotatable bonds is 5. The first-order valence-electron chi connectivity index (χ1n) is 6.27. The fourth-order valence-electron chi connectivity index (χ4n) is 1.86. The number of halogens is 1. The number of aromatic nitrogens is 1. The van der Waals surface area contributed by atoms with Gasteiger partial charge in [-0.3, -0.25) is 14.7 Å². The van der Waals surface area contributed by atoms with E-state index in [0.717, 1.165) is 5.56 Å². The number of carbonyl (C=O) groups excluding carboxylic acids is 1. The number of likely N-dealkylation sites (N-methyl/N-ethyl adjacent to an activating group) is 1. The fraction of sp³-hybridized carbons (Fsp3) is 0.200. The van der Waals surface area contributed by atoms with Gasteiger partial charge in [0.1, 0.15) is 0 Å². The van der Waals surface area contributed by atoms with Crippen molar-refractivity contribution in [1.29, 1.82) is 0 Å². The van der Waals surface area contributed by atoms with Crippen molar-refractivity contribution < 1.29 is 4.79 Å². The van der Waals surface area contributed by atoms with Crippen LogP contribution < -0.4 is 5.32 Å². The van der Waals surface area contributed by atoms with Crippen molar-refractivity contribution in [2.75, 3.05) is 18.9 Å². The Labute approximate surface area is 123 Å². The minimum atomic E-state index is -0.0931. The molecule has 5 heteroatoms. The molecule has 0 unspecified atom stereocenters. The monoisotopic (exact) mass is 289 g/mol. The van der Waals surface area contributed by atoms with Crippen LogP contribution in [0.2, 0.25) is 5.02 Å². The standard InChI is InChI=1S/C15H16ClN3O/c1-19(10-12-5-4-8-17-9-12)11-15(20)18-14-7-3-2-6-13(14)16/h2-9H,10-11H2,1H3,(H,18,20). The van der Waals surface area contributed by atoms with Crippen molar-refractivity contribution in [3.8, 4) is 0 Å². The summed E-state index contributed by atoms with van der Waals surface area (Å²) in [6.45, 7) is 0.962. The van der Waals surface area contributed by atoms with Gasteiger partial charge in [0.2, 0.25) is 5.91 Å². The molecule has 1 heterocycles. The molecule has 1 amide bonds. The summed E-state index contributed by atoms with van der Waals surface area (Å²) in [4.78, 5) is 17.9. The zero-order valence-electron chi connectivity index (χ0n) is 11.2. The van der Waals surface area contributed by atoms with Gasteiger partial charge in [-0.2, -0.15) is 0 Å². The van der Waals surface area contributed by atoms with Crippen molar-refractivity contribution in [2.45, 2.75) is 6.54 Å². The molecule has 2 aromatic rings. The van der Waals surface area contributed by atoms with E-state index in [2.05, 4.69) is 10.3 Å². The van der Waals surface area contributed by atoms with Gasteiger partial charge in [0.15, 0.2) is 0 Å². The average molecular weight is 290 g/mol. The lowest BCUT2D eigenvalue weighted by atomic mass is 10.2. The van der Waals surface area contributed by atoms with Gasteiger partial charge in [0, 0.05) is 18.9 Å². The quantitative estimate of drug-likeness (QED) is 0.920. The Hall–Kier alpha value is -1.91. The van der Waals surface area contributed by atoms with Crippen LogP contribution in [0.3, 0.4) is 0 Å². The van der Waals surface area contributed by atoms with E-state index in [-0.39, 0.29) is 5.91 Å². The summed E-state index contributed by atoms with van der Waals surface area (Å²) < 4.78 is 0. The molecule has 0 atom stereocenters. The second kappa shape index (κ2) is 7.03. The number of benzene rings is 1. The summed E-state index contributed by atoms with van der Waals surface area (Å²) in [5.41, 5.74) is 1.70. The minimum Gasteiger partial charge on any atom is -0.324 e. The van der Waals surface area contributed by atoms with Crippen molar-refractivity contribution in [3.05, 3.63) is 59.4 Å². The van der Waals surface area contributed by atoms with Crippen molar-refractivity contribution in [3.63, 3.8) is 0 Å².